The molecule has 0 amide bonds. The van der Waals surface area contributed by atoms with Crippen molar-refractivity contribution in [2.24, 2.45) is 0 Å². The highest BCUT2D eigenvalue weighted by Gasteiger charge is 2.23. The molecule has 1 aliphatic carbocycles. The molecule has 0 aromatic heterocycles. The summed E-state index contributed by atoms with van der Waals surface area (Å²) in [5.74, 6) is 0. The minimum Gasteiger partial charge on any atom is -0.233 e. The molecule has 0 saturated heterocycles. The summed E-state index contributed by atoms with van der Waals surface area (Å²) in [5, 5.41) is 0. The summed E-state index contributed by atoms with van der Waals surface area (Å²) in [6.45, 7) is 6.10. The van der Waals surface area contributed by atoms with Crippen molar-refractivity contribution < 1.29 is 9.78 Å². The molecule has 52 valence electrons. The Kier molecular flexibility index (Phi) is 2.25. The zero-order chi connectivity index (χ0) is 6.69. The Morgan fingerprint density at radius 3 is 2.78 bits per heavy atom. The fourth-order valence-corrected chi connectivity index (χ4v) is 0.395. The van der Waals surface area contributed by atoms with Crippen LogP contribution in [0.1, 0.15) is 19.8 Å². The highest BCUT2D eigenvalue weighted by Crippen LogP contribution is 2.23. The van der Waals surface area contributed by atoms with Crippen LogP contribution >= 0.6 is 0 Å². The Balaban J connectivity index is 1.86. The van der Waals surface area contributed by atoms with E-state index in [1.54, 1.807) is 0 Å². The molecule has 0 atom stereocenters. The van der Waals surface area contributed by atoms with Gasteiger partial charge in [0, 0.05) is 0 Å². The van der Waals surface area contributed by atoms with Crippen molar-refractivity contribution >= 4 is 0 Å². The third-order valence-electron chi connectivity index (χ3n) is 1.03. The van der Waals surface area contributed by atoms with Gasteiger partial charge in [0.25, 0.3) is 0 Å². The van der Waals surface area contributed by atoms with Crippen molar-refractivity contribution in [1.29, 1.82) is 0 Å². The van der Waals surface area contributed by atoms with Gasteiger partial charge in [-0.2, -0.15) is 0 Å². The predicted molar refractivity (Wildman–Crippen MR) is 34.9 cm³/mol. The molecule has 0 unspecified atom stereocenters. The molecule has 2 heteroatoms. The van der Waals surface area contributed by atoms with Gasteiger partial charge >= 0.3 is 0 Å². The van der Waals surface area contributed by atoms with E-state index in [4.69, 9.17) is 9.78 Å². The van der Waals surface area contributed by atoms with Gasteiger partial charge < -0.3 is 0 Å². The van der Waals surface area contributed by atoms with Crippen molar-refractivity contribution in [3.63, 3.8) is 0 Å². The number of hydrogen-bond donors (Lipinski definition) is 0. The van der Waals surface area contributed by atoms with Crippen molar-refractivity contribution in [1.82, 2.24) is 0 Å². The lowest BCUT2D eigenvalue weighted by Gasteiger charge is -1.99. The van der Waals surface area contributed by atoms with Crippen LogP contribution in [0, 0.1) is 0 Å². The monoisotopic (exact) mass is 128 g/mol. The van der Waals surface area contributed by atoms with Gasteiger partial charge in [-0.3, -0.25) is 0 Å². The van der Waals surface area contributed by atoms with E-state index in [2.05, 4.69) is 6.58 Å². The lowest BCUT2D eigenvalue weighted by atomic mass is 10.4. The van der Waals surface area contributed by atoms with Gasteiger partial charge in [-0.05, 0) is 19.8 Å². The Bertz CT molecular complexity index is 105. The van der Waals surface area contributed by atoms with E-state index in [9.17, 15) is 0 Å². The molecule has 0 aliphatic heterocycles. The van der Waals surface area contributed by atoms with Gasteiger partial charge in [0.05, 0.1) is 6.10 Å². The average molecular weight is 128 g/mol. The minimum absolute atomic E-state index is 0.379. The molecule has 0 heterocycles. The SMILES string of the molecule is C=C(C)COOC1CC1. The van der Waals surface area contributed by atoms with Crippen LogP contribution in [0.15, 0.2) is 12.2 Å². The van der Waals surface area contributed by atoms with Crippen LogP contribution in [-0.2, 0) is 9.78 Å². The molecule has 1 aliphatic rings. The molecule has 0 spiro atoms. The lowest BCUT2D eigenvalue weighted by Crippen LogP contribution is -1.98. The fourth-order valence-electron chi connectivity index (χ4n) is 0.395. The van der Waals surface area contributed by atoms with E-state index in [1.165, 1.54) is 0 Å². The van der Waals surface area contributed by atoms with Crippen LogP contribution in [0.2, 0.25) is 0 Å². The largest absolute Gasteiger partial charge is 0.233 e. The smallest absolute Gasteiger partial charge is 0.103 e. The van der Waals surface area contributed by atoms with Crippen LogP contribution in [-0.4, -0.2) is 12.7 Å². The van der Waals surface area contributed by atoms with Crippen molar-refractivity contribution in [2.45, 2.75) is 25.9 Å². The normalized spacial score (nSPS) is 17.9. The molecule has 1 fully saturated rings. The van der Waals surface area contributed by atoms with Crippen LogP contribution in [0.25, 0.3) is 0 Å². The summed E-state index contributed by atoms with van der Waals surface area (Å²) < 4.78 is 0. The quantitative estimate of drug-likeness (QED) is 0.326. The predicted octanol–water partition coefficient (Wildman–Crippen LogP) is 1.67. The fraction of sp³-hybridized carbons (Fsp3) is 0.714. The van der Waals surface area contributed by atoms with Crippen LogP contribution in [0.5, 0.6) is 0 Å². The lowest BCUT2D eigenvalue weighted by molar-refractivity contribution is -0.296. The third kappa shape index (κ3) is 3.27. The van der Waals surface area contributed by atoms with Crippen molar-refractivity contribution in [2.75, 3.05) is 6.61 Å². The zero-order valence-corrected chi connectivity index (χ0v) is 5.72. The first-order valence-electron chi connectivity index (χ1n) is 3.21. The van der Waals surface area contributed by atoms with Crippen LogP contribution < -0.4 is 0 Å². The van der Waals surface area contributed by atoms with Gasteiger partial charge in [0.2, 0.25) is 0 Å². The summed E-state index contributed by atoms with van der Waals surface area (Å²) in [6.07, 6.45) is 2.68. The average Bonchev–Trinajstić information content (AvgIpc) is 2.48. The van der Waals surface area contributed by atoms with E-state index >= 15 is 0 Å². The summed E-state index contributed by atoms with van der Waals surface area (Å²) in [6, 6.07) is 0. The van der Waals surface area contributed by atoms with Gasteiger partial charge in [-0.1, -0.05) is 12.2 Å². The molecule has 2 nitrogen and oxygen atoms in total. The topological polar surface area (TPSA) is 18.5 Å². The minimum atomic E-state index is 0.379. The molecule has 0 radical (unpaired) electrons. The van der Waals surface area contributed by atoms with Gasteiger partial charge in [-0.15, -0.1) is 0 Å². The Morgan fingerprint density at radius 2 is 2.33 bits per heavy atom. The maximum atomic E-state index is 4.90. The van der Waals surface area contributed by atoms with Gasteiger partial charge in [0.15, 0.2) is 0 Å². The summed E-state index contributed by atoms with van der Waals surface area (Å²) in [5.41, 5.74) is 0.996. The molecular formula is C7H12O2. The standard InChI is InChI=1S/C7H12O2/c1-6(2)5-8-9-7-3-4-7/h7H,1,3-5H2,2H3. The Hall–Kier alpha value is -0.340. The summed E-state index contributed by atoms with van der Waals surface area (Å²) in [4.78, 5) is 9.72. The third-order valence-corrected chi connectivity index (χ3v) is 1.03. The van der Waals surface area contributed by atoms with Crippen molar-refractivity contribution in [3.05, 3.63) is 12.2 Å². The van der Waals surface area contributed by atoms with E-state index in [-0.39, 0.29) is 0 Å². The van der Waals surface area contributed by atoms with Crippen LogP contribution in [0.4, 0.5) is 0 Å². The summed E-state index contributed by atoms with van der Waals surface area (Å²) >= 11 is 0. The van der Waals surface area contributed by atoms with Crippen LogP contribution in [0.3, 0.4) is 0 Å². The maximum Gasteiger partial charge on any atom is 0.103 e. The molecule has 0 bridgehead atoms. The first kappa shape index (κ1) is 6.78. The Labute approximate surface area is 55.4 Å². The number of hydrogen-bond acceptors (Lipinski definition) is 2. The van der Waals surface area contributed by atoms with Gasteiger partial charge in [0.1, 0.15) is 6.61 Å². The molecule has 1 rings (SSSR count). The zero-order valence-electron chi connectivity index (χ0n) is 5.72. The molecule has 9 heavy (non-hydrogen) atoms. The van der Waals surface area contributed by atoms with Gasteiger partial charge in [-0.25, -0.2) is 9.78 Å². The second kappa shape index (κ2) is 2.99. The Morgan fingerprint density at radius 1 is 1.67 bits per heavy atom. The van der Waals surface area contributed by atoms with E-state index in [0.29, 0.717) is 12.7 Å². The first-order chi connectivity index (χ1) is 4.29. The molecule has 0 aromatic rings. The number of rotatable bonds is 4. The van der Waals surface area contributed by atoms with E-state index < -0.39 is 0 Å². The maximum absolute atomic E-state index is 4.90. The first-order valence-corrected chi connectivity index (χ1v) is 3.21. The second-order valence-corrected chi connectivity index (χ2v) is 2.51. The molecule has 0 N–H and O–H groups in total. The highest BCUT2D eigenvalue weighted by molar-refractivity contribution is 4.86. The molecule has 1 saturated carbocycles. The van der Waals surface area contributed by atoms with E-state index in [1.807, 2.05) is 6.92 Å². The second-order valence-electron chi connectivity index (χ2n) is 2.51. The summed E-state index contributed by atoms with van der Waals surface area (Å²) in [7, 11) is 0. The van der Waals surface area contributed by atoms with Crippen molar-refractivity contribution in [3.8, 4) is 0 Å². The molecular weight excluding hydrogens is 116 g/mol. The van der Waals surface area contributed by atoms with E-state index in [0.717, 1.165) is 18.4 Å². The highest BCUT2D eigenvalue weighted by atomic mass is 17.2. The molecule has 0 aromatic carbocycles.